The standard InChI is InChI=1S/C13H16N2O/c1-4-5-10-8-14-12-9(2)6-7-11(16-3)13(12)15-10/h6-8H,4-5H2,1-3H3. The van der Waals surface area contributed by atoms with Crippen molar-refractivity contribution in [3.63, 3.8) is 0 Å². The fourth-order valence-corrected chi connectivity index (χ4v) is 1.79. The number of rotatable bonds is 3. The van der Waals surface area contributed by atoms with Crippen LogP contribution in [0.5, 0.6) is 5.75 Å². The third kappa shape index (κ3) is 1.85. The maximum absolute atomic E-state index is 5.31. The molecule has 0 unspecified atom stereocenters. The van der Waals surface area contributed by atoms with Crippen LogP contribution in [-0.2, 0) is 6.42 Å². The molecular weight excluding hydrogens is 200 g/mol. The largest absolute Gasteiger partial charge is 0.494 e. The number of nitrogens with zero attached hydrogens (tertiary/aromatic N) is 2. The third-order valence-corrected chi connectivity index (χ3v) is 2.64. The molecule has 0 atom stereocenters. The second-order valence-electron chi connectivity index (χ2n) is 3.89. The second-order valence-corrected chi connectivity index (χ2v) is 3.89. The monoisotopic (exact) mass is 216 g/mol. The lowest BCUT2D eigenvalue weighted by Gasteiger charge is -2.07. The molecule has 3 heteroatoms. The Morgan fingerprint density at radius 2 is 2.06 bits per heavy atom. The number of aryl methyl sites for hydroxylation is 2. The van der Waals surface area contributed by atoms with E-state index in [-0.39, 0.29) is 0 Å². The molecule has 0 spiro atoms. The van der Waals surface area contributed by atoms with Crippen LogP contribution in [0.2, 0.25) is 0 Å². The molecule has 3 nitrogen and oxygen atoms in total. The van der Waals surface area contributed by atoms with Crippen molar-refractivity contribution in [2.45, 2.75) is 26.7 Å². The Hall–Kier alpha value is -1.64. The first kappa shape index (κ1) is 10.9. The molecule has 0 aliphatic carbocycles. The van der Waals surface area contributed by atoms with Gasteiger partial charge in [0.2, 0.25) is 0 Å². The molecule has 1 heterocycles. The van der Waals surface area contributed by atoms with Gasteiger partial charge in [-0.2, -0.15) is 0 Å². The lowest BCUT2D eigenvalue weighted by molar-refractivity contribution is 0.418. The predicted molar refractivity (Wildman–Crippen MR) is 64.8 cm³/mol. The zero-order valence-corrected chi connectivity index (χ0v) is 9.95. The molecule has 2 rings (SSSR count). The quantitative estimate of drug-likeness (QED) is 0.791. The average molecular weight is 216 g/mol. The molecule has 84 valence electrons. The Bertz CT molecular complexity index is 509. The van der Waals surface area contributed by atoms with E-state index in [1.807, 2.05) is 25.3 Å². The number of methoxy groups -OCH3 is 1. The van der Waals surface area contributed by atoms with Crippen molar-refractivity contribution in [2.24, 2.45) is 0 Å². The molecule has 2 aromatic rings. The van der Waals surface area contributed by atoms with Crippen LogP contribution in [0.15, 0.2) is 18.3 Å². The normalized spacial score (nSPS) is 10.7. The Kier molecular flexibility index (Phi) is 3.04. The minimum Gasteiger partial charge on any atom is -0.494 e. The Morgan fingerprint density at radius 1 is 1.25 bits per heavy atom. The summed E-state index contributed by atoms with van der Waals surface area (Å²) in [6, 6.07) is 3.96. The molecule has 0 aliphatic heterocycles. The number of benzene rings is 1. The van der Waals surface area contributed by atoms with Gasteiger partial charge < -0.3 is 4.74 Å². The minimum atomic E-state index is 0.797. The van der Waals surface area contributed by atoms with Gasteiger partial charge in [-0.25, -0.2) is 4.98 Å². The van der Waals surface area contributed by atoms with Crippen molar-refractivity contribution in [3.8, 4) is 5.75 Å². The first-order chi connectivity index (χ1) is 7.76. The lowest BCUT2D eigenvalue weighted by atomic mass is 10.1. The summed E-state index contributed by atoms with van der Waals surface area (Å²) in [4.78, 5) is 9.07. The number of aromatic nitrogens is 2. The molecule has 0 saturated carbocycles. The van der Waals surface area contributed by atoms with Crippen molar-refractivity contribution in [3.05, 3.63) is 29.6 Å². The Morgan fingerprint density at radius 3 is 2.75 bits per heavy atom. The summed E-state index contributed by atoms with van der Waals surface area (Å²) in [5.41, 5.74) is 3.96. The third-order valence-electron chi connectivity index (χ3n) is 2.64. The van der Waals surface area contributed by atoms with Crippen LogP contribution in [-0.4, -0.2) is 17.1 Å². The van der Waals surface area contributed by atoms with E-state index in [2.05, 4.69) is 16.9 Å². The van der Waals surface area contributed by atoms with Gasteiger partial charge in [-0.05, 0) is 25.0 Å². The van der Waals surface area contributed by atoms with Crippen LogP contribution in [0.4, 0.5) is 0 Å². The Balaban J connectivity index is 2.64. The summed E-state index contributed by atoms with van der Waals surface area (Å²) in [5, 5.41) is 0. The van der Waals surface area contributed by atoms with Crippen LogP contribution >= 0.6 is 0 Å². The topological polar surface area (TPSA) is 35.0 Å². The van der Waals surface area contributed by atoms with Crippen LogP contribution in [0.25, 0.3) is 11.0 Å². The van der Waals surface area contributed by atoms with Crippen molar-refractivity contribution >= 4 is 11.0 Å². The average Bonchev–Trinajstić information content (AvgIpc) is 2.30. The molecule has 0 fully saturated rings. The lowest BCUT2D eigenvalue weighted by Crippen LogP contribution is -1.96. The van der Waals surface area contributed by atoms with Gasteiger partial charge >= 0.3 is 0 Å². The molecule has 0 N–H and O–H groups in total. The highest BCUT2D eigenvalue weighted by Crippen LogP contribution is 2.25. The van der Waals surface area contributed by atoms with Crippen LogP contribution in [0.3, 0.4) is 0 Å². The molecule has 0 bridgehead atoms. The van der Waals surface area contributed by atoms with Gasteiger partial charge in [-0.15, -0.1) is 0 Å². The zero-order valence-electron chi connectivity index (χ0n) is 9.95. The van der Waals surface area contributed by atoms with Gasteiger partial charge in [0.05, 0.1) is 18.3 Å². The summed E-state index contributed by atoms with van der Waals surface area (Å²) in [6.45, 7) is 4.18. The summed E-state index contributed by atoms with van der Waals surface area (Å²) < 4.78 is 5.31. The maximum Gasteiger partial charge on any atom is 0.146 e. The minimum absolute atomic E-state index is 0.797. The van der Waals surface area contributed by atoms with Crippen molar-refractivity contribution < 1.29 is 4.74 Å². The summed E-state index contributed by atoms with van der Waals surface area (Å²) in [7, 11) is 1.66. The SMILES string of the molecule is CCCc1cnc2c(C)ccc(OC)c2n1. The van der Waals surface area contributed by atoms with Crippen LogP contribution < -0.4 is 4.74 Å². The van der Waals surface area contributed by atoms with E-state index in [1.54, 1.807) is 7.11 Å². The second kappa shape index (κ2) is 4.47. The first-order valence-corrected chi connectivity index (χ1v) is 5.55. The van der Waals surface area contributed by atoms with Crippen LogP contribution in [0, 0.1) is 6.92 Å². The van der Waals surface area contributed by atoms with Gasteiger partial charge in [-0.1, -0.05) is 19.4 Å². The molecular formula is C13H16N2O. The smallest absolute Gasteiger partial charge is 0.146 e. The summed E-state index contributed by atoms with van der Waals surface area (Å²) in [6.07, 6.45) is 3.90. The van der Waals surface area contributed by atoms with Gasteiger partial charge in [-0.3, -0.25) is 4.98 Å². The van der Waals surface area contributed by atoms with E-state index in [0.29, 0.717) is 0 Å². The van der Waals surface area contributed by atoms with Crippen molar-refractivity contribution in [1.29, 1.82) is 0 Å². The first-order valence-electron chi connectivity index (χ1n) is 5.55. The Labute approximate surface area is 95.5 Å². The molecule has 16 heavy (non-hydrogen) atoms. The summed E-state index contributed by atoms with van der Waals surface area (Å²) >= 11 is 0. The highest BCUT2D eigenvalue weighted by molar-refractivity contribution is 5.83. The van der Waals surface area contributed by atoms with E-state index < -0.39 is 0 Å². The van der Waals surface area contributed by atoms with Crippen molar-refractivity contribution in [2.75, 3.05) is 7.11 Å². The fraction of sp³-hybridized carbons (Fsp3) is 0.385. The number of hydrogen-bond acceptors (Lipinski definition) is 3. The fourth-order valence-electron chi connectivity index (χ4n) is 1.79. The van der Waals surface area contributed by atoms with Gasteiger partial charge in [0.15, 0.2) is 0 Å². The molecule has 1 aromatic heterocycles. The van der Waals surface area contributed by atoms with Gasteiger partial charge in [0.1, 0.15) is 11.3 Å². The number of fused-ring (bicyclic) bond motifs is 1. The van der Waals surface area contributed by atoms with Crippen molar-refractivity contribution in [1.82, 2.24) is 9.97 Å². The maximum atomic E-state index is 5.31. The van der Waals surface area contributed by atoms with Crippen LogP contribution in [0.1, 0.15) is 24.6 Å². The van der Waals surface area contributed by atoms with E-state index in [4.69, 9.17) is 4.74 Å². The predicted octanol–water partition coefficient (Wildman–Crippen LogP) is 2.90. The molecule has 0 aliphatic rings. The van der Waals surface area contributed by atoms with Gasteiger partial charge in [0, 0.05) is 6.20 Å². The summed E-state index contributed by atoms with van der Waals surface area (Å²) in [5.74, 6) is 0.797. The molecule has 0 radical (unpaired) electrons. The number of hydrogen-bond donors (Lipinski definition) is 0. The van der Waals surface area contributed by atoms with E-state index in [1.165, 1.54) is 0 Å². The van der Waals surface area contributed by atoms with Gasteiger partial charge in [0.25, 0.3) is 0 Å². The number of ether oxygens (including phenoxy) is 1. The molecule has 0 amide bonds. The van der Waals surface area contributed by atoms with E-state index >= 15 is 0 Å². The molecule has 0 saturated heterocycles. The highest BCUT2D eigenvalue weighted by Gasteiger charge is 2.07. The molecule has 1 aromatic carbocycles. The van der Waals surface area contributed by atoms with E-state index in [0.717, 1.165) is 40.9 Å². The van der Waals surface area contributed by atoms with E-state index in [9.17, 15) is 0 Å². The zero-order chi connectivity index (χ0) is 11.5. The highest BCUT2D eigenvalue weighted by atomic mass is 16.5.